The normalized spacial score (nSPS) is 16.2. The van der Waals surface area contributed by atoms with Crippen LogP contribution in [0.25, 0.3) is 11.1 Å². The molecular formula is C21H25N5O2. The van der Waals surface area contributed by atoms with Crippen molar-refractivity contribution in [1.29, 1.82) is 0 Å². The van der Waals surface area contributed by atoms with Crippen LogP contribution < -0.4 is 5.32 Å². The summed E-state index contributed by atoms with van der Waals surface area (Å²) in [4.78, 5) is 24.1. The lowest BCUT2D eigenvalue weighted by atomic mass is 10.0. The molecule has 7 nitrogen and oxygen atoms in total. The quantitative estimate of drug-likeness (QED) is 0.733. The first kappa shape index (κ1) is 18.6. The van der Waals surface area contributed by atoms with Crippen LogP contribution in [0.1, 0.15) is 52.6 Å². The van der Waals surface area contributed by atoms with Crippen LogP contribution in [0.5, 0.6) is 0 Å². The molecular weight excluding hydrogens is 354 g/mol. The van der Waals surface area contributed by atoms with Crippen molar-refractivity contribution in [3.8, 4) is 0 Å². The largest absolute Gasteiger partial charge is 0.350 e. The number of carbonyl (C=O) groups is 1. The summed E-state index contributed by atoms with van der Waals surface area (Å²) >= 11 is 0. The molecule has 1 N–H and O–H groups in total. The predicted octanol–water partition coefficient (Wildman–Crippen LogP) is 3.19. The summed E-state index contributed by atoms with van der Waals surface area (Å²) < 4.78 is 5.25. The number of piperidine rings is 1. The number of nitrogens with one attached hydrogen (secondary N) is 1. The lowest BCUT2D eigenvalue weighted by Gasteiger charge is -2.34. The Kier molecular flexibility index (Phi) is 5.34. The molecule has 1 aliphatic heterocycles. The summed E-state index contributed by atoms with van der Waals surface area (Å²) in [6, 6.07) is 5.93. The minimum absolute atomic E-state index is 0.111. The van der Waals surface area contributed by atoms with Crippen molar-refractivity contribution in [3.05, 3.63) is 53.1 Å². The molecule has 4 heterocycles. The maximum atomic E-state index is 13.0. The number of carbonyl (C=O) groups excluding carboxylic acids is 1. The Hall–Kier alpha value is -2.80. The molecule has 0 aromatic carbocycles. The Labute approximate surface area is 164 Å². The van der Waals surface area contributed by atoms with E-state index in [2.05, 4.69) is 31.4 Å². The van der Waals surface area contributed by atoms with Gasteiger partial charge in [-0.3, -0.25) is 14.7 Å². The van der Waals surface area contributed by atoms with Gasteiger partial charge in [-0.2, -0.15) is 0 Å². The molecule has 1 fully saturated rings. The summed E-state index contributed by atoms with van der Waals surface area (Å²) in [6.45, 7) is 6.28. The summed E-state index contributed by atoms with van der Waals surface area (Å²) in [5.74, 6) is -0.132. The summed E-state index contributed by atoms with van der Waals surface area (Å²) in [5, 5.41) is 7.77. The zero-order chi connectivity index (χ0) is 19.5. The van der Waals surface area contributed by atoms with Crippen LogP contribution in [-0.4, -0.2) is 45.6 Å². The van der Waals surface area contributed by atoms with Crippen molar-refractivity contribution < 1.29 is 9.32 Å². The van der Waals surface area contributed by atoms with Crippen molar-refractivity contribution in [2.75, 3.05) is 19.6 Å². The summed E-state index contributed by atoms with van der Waals surface area (Å²) in [5.41, 5.74) is 3.50. The van der Waals surface area contributed by atoms with Crippen molar-refractivity contribution in [3.63, 3.8) is 0 Å². The van der Waals surface area contributed by atoms with Crippen LogP contribution in [0.3, 0.4) is 0 Å². The standard InChI is InChI=1S/C21H25N5O2/c1-14-11-17(19-15(2)25-28-21(19)24-14)20(27)23-13-18(16-7-6-8-22-12-16)26-9-4-3-5-10-26/h6-8,11-12,18H,3-5,9-10,13H2,1-2H3,(H,23,27). The van der Waals surface area contributed by atoms with Gasteiger partial charge in [0.25, 0.3) is 11.6 Å². The lowest BCUT2D eigenvalue weighted by molar-refractivity contribution is 0.0925. The third kappa shape index (κ3) is 3.75. The van der Waals surface area contributed by atoms with Gasteiger partial charge in [0.1, 0.15) is 0 Å². The predicted molar refractivity (Wildman–Crippen MR) is 106 cm³/mol. The molecule has 0 radical (unpaired) electrons. The van der Waals surface area contributed by atoms with E-state index in [0.29, 0.717) is 28.9 Å². The van der Waals surface area contributed by atoms with E-state index in [1.54, 1.807) is 12.3 Å². The molecule has 1 saturated heterocycles. The van der Waals surface area contributed by atoms with Crippen molar-refractivity contribution in [2.24, 2.45) is 0 Å². The van der Waals surface area contributed by atoms with Crippen molar-refractivity contribution in [1.82, 2.24) is 25.3 Å². The molecule has 1 amide bonds. The Morgan fingerprint density at radius 3 is 2.86 bits per heavy atom. The van der Waals surface area contributed by atoms with Gasteiger partial charge in [-0.05, 0) is 57.5 Å². The molecule has 0 saturated carbocycles. The highest BCUT2D eigenvalue weighted by molar-refractivity contribution is 6.06. The third-order valence-electron chi connectivity index (χ3n) is 5.35. The number of rotatable bonds is 5. The Morgan fingerprint density at radius 2 is 2.11 bits per heavy atom. The molecule has 1 aliphatic rings. The fourth-order valence-corrected chi connectivity index (χ4v) is 3.94. The lowest BCUT2D eigenvalue weighted by Crippen LogP contribution is -2.40. The molecule has 4 rings (SSSR count). The van der Waals surface area contributed by atoms with Gasteiger partial charge < -0.3 is 9.84 Å². The van der Waals surface area contributed by atoms with E-state index in [1.807, 2.05) is 26.1 Å². The van der Waals surface area contributed by atoms with Crippen molar-refractivity contribution in [2.45, 2.75) is 39.2 Å². The van der Waals surface area contributed by atoms with Gasteiger partial charge in [0, 0.05) is 24.6 Å². The number of aryl methyl sites for hydroxylation is 2. The van der Waals surface area contributed by atoms with Gasteiger partial charge in [-0.1, -0.05) is 17.6 Å². The zero-order valence-corrected chi connectivity index (χ0v) is 16.3. The van der Waals surface area contributed by atoms with Crippen LogP contribution in [0.15, 0.2) is 35.1 Å². The minimum Gasteiger partial charge on any atom is -0.350 e. The molecule has 0 spiro atoms. The van der Waals surface area contributed by atoms with Crippen molar-refractivity contribution >= 4 is 17.0 Å². The average Bonchev–Trinajstić information content (AvgIpc) is 3.09. The smallest absolute Gasteiger partial charge is 0.258 e. The fraction of sp³-hybridized carbons (Fsp3) is 0.429. The molecule has 0 bridgehead atoms. The molecule has 7 heteroatoms. The maximum Gasteiger partial charge on any atom is 0.258 e. The summed E-state index contributed by atoms with van der Waals surface area (Å²) in [6.07, 6.45) is 7.32. The van der Waals surface area contributed by atoms with Crippen LogP contribution >= 0.6 is 0 Å². The van der Waals surface area contributed by atoms with E-state index >= 15 is 0 Å². The van der Waals surface area contributed by atoms with Crippen LogP contribution in [-0.2, 0) is 0 Å². The minimum atomic E-state index is -0.132. The maximum absolute atomic E-state index is 13.0. The second-order valence-electron chi connectivity index (χ2n) is 7.37. The number of aromatic nitrogens is 3. The number of hydrogen-bond acceptors (Lipinski definition) is 6. The average molecular weight is 379 g/mol. The van der Waals surface area contributed by atoms with Gasteiger partial charge in [0.15, 0.2) is 0 Å². The fourth-order valence-electron chi connectivity index (χ4n) is 3.94. The van der Waals surface area contributed by atoms with Crippen LogP contribution in [0, 0.1) is 13.8 Å². The van der Waals surface area contributed by atoms with Gasteiger partial charge in [-0.25, -0.2) is 4.98 Å². The molecule has 1 unspecified atom stereocenters. The number of nitrogens with zero attached hydrogens (tertiary/aromatic N) is 4. The Morgan fingerprint density at radius 1 is 1.29 bits per heavy atom. The molecule has 3 aromatic rings. The first-order valence-corrected chi connectivity index (χ1v) is 9.79. The highest BCUT2D eigenvalue weighted by atomic mass is 16.5. The third-order valence-corrected chi connectivity index (χ3v) is 5.35. The van der Waals surface area contributed by atoms with E-state index in [1.165, 1.54) is 19.3 Å². The SMILES string of the molecule is Cc1cc(C(=O)NCC(c2cccnc2)N2CCCCC2)c2c(C)noc2n1. The van der Waals surface area contributed by atoms with E-state index in [-0.39, 0.29) is 11.9 Å². The van der Waals surface area contributed by atoms with E-state index in [4.69, 9.17) is 4.52 Å². The zero-order valence-electron chi connectivity index (χ0n) is 16.3. The molecule has 146 valence electrons. The Bertz CT molecular complexity index is 964. The van der Waals surface area contributed by atoms with Gasteiger partial charge in [-0.15, -0.1) is 0 Å². The van der Waals surface area contributed by atoms with E-state index < -0.39 is 0 Å². The van der Waals surface area contributed by atoms with Crippen LogP contribution in [0.4, 0.5) is 0 Å². The number of fused-ring (bicyclic) bond motifs is 1. The number of likely N-dealkylation sites (tertiary alicyclic amines) is 1. The molecule has 0 aliphatic carbocycles. The molecule has 1 atom stereocenters. The highest BCUT2D eigenvalue weighted by Gasteiger charge is 2.24. The van der Waals surface area contributed by atoms with Crippen LogP contribution in [0.2, 0.25) is 0 Å². The van der Waals surface area contributed by atoms with E-state index in [0.717, 1.165) is 24.3 Å². The van der Waals surface area contributed by atoms with E-state index in [9.17, 15) is 4.79 Å². The van der Waals surface area contributed by atoms with Gasteiger partial charge >= 0.3 is 0 Å². The first-order valence-electron chi connectivity index (χ1n) is 9.79. The van der Waals surface area contributed by atoms with Gasteiger partial charge in [0.2, 0.25) is 0 Å². The topological polar surface area (TPSA) is 84.2 Å². The second kappa shape index (κ2) is 8.06. The monoisotopic (exact) mass is 379 g/mol. The number of hydrogen-bond donors (Lipinski definition) is 1. The second-order valence-corrected chi connectivity index (χ2v) is 7.37. The Balaban J connectivity index is 1.57. The summed E-state index contributed by atoms with van der Waals surface area (Å²) in [7, 11) is 0. The number of pyridine rings is 2. The molecule has 28 heavy (non-hydrogen) atoms. The number of amides is 1. The van der Waals surface area contributed by atoms with Gasteiger partial charge in [0.05, 0.1) is 22.7 Å². The first-order chi connectivity index (χ1) is 13.6. The molecule has 3 aromatic heterocycles. The highest BCUT2D eigenvalue weighted by Crippen LogP contribution is 2.25.